The Morgan fingerprint density at radius 1 is 1.08 bits per heavy atom. The smallest absolute Gasteiger partial charge is 0.211 e. The fourth-order valence-electron chi connectivity index (χ4n) is 3.53. The lowest BCUT2D eigenvalue weighted by Crippen LogP contribution is -2.37. The molecular weight excluding hydrogens is 350 g/mol. The van der Waals surface area contributed by atoms with E-state index in [4.69, 9.17) is 4.74 Å². The van der Waals surface area contributed by atoms with Gasteiger partial charge in [0.2, 0.25) is 10.0 Å². The van der Waals surface area contributed by atoms with E-state index in [1.807, 2.05) is 0 Å². The van der Waals surface area contributed by atoms with Crippen molar-refractivity contribution in [1.82, 2.24) is 9.62 Å². The van der Waals surface area contributed by atoms with Crippen LogP contribution in [0.2, 0.25) is 0 Å². The highest BCUT2D eigenvalue weighted by molar-refractivity contribution is 7.88. The Hall–Kier alpha value is -1.25. The van der Waals surface area contributed by atoms with Gasteiger partial charge in [0.25, 0.3) is 0 Å². The predicted molar refractivity (Wildman–Crippen MR) is 91.3 cm³/mol. The van der Waals surface area contributed by atoms with Gasteiger partial charge in [-0.25, -0.2) is 21.5 Å². The van der Waals surface area contributed by atoms with Crippen molar-refractivity contribution in [2.75, 3.05) is 32.4 Å². The Morgan fingerprint density at radius 2 is 1.64 bits per heavy atom. The second-order valence-electron chi connectivity index (χ2n) is 6.82. The van der Waals surface area contributed by atoms with Gasteiger partial charge in [-0.3, -0.25) is 0 Å². The van der Waals surface area contributed by atoms with E-state index in [1.54, 1.807) is 0 Å². The van der Waals surface area contributed by atoms with Crippen LogP contribution in [0.15, 0.2) is 12.1 Å². The van der Waals surface area contributed by atoms with Gasteiger partial charge in [0.05, 0.1) is 6.26 Å². The zero-order valence-corrected chi connectivity index (χ0v) is 15.1. The van der Waals surface area contributed by atoms with Crippen LogP contribution in [0.4, 0.5) is 8.78 Å². The fourth-order valence-corrected chi connectivity index (χ4v) is 4.40. The highest BCUT2D eigenvalue weighted by Gasteiger charge is 2.28. The van der Waals surface area contributed by atoms with Gasteiger partial charge >= 0.3 is 0 Å². The monoisotopic (exact) mass is 374 g/mol. The molecular formula is C17H24F2N2O3S. The van der Waals surface area contributed by atoms with E-state index in [9.17, 15) is 17.2 Å². The largest absolute Gasteiger partial charge is 0.484 e. The molecule has 0 aromatic heterocycles. The van der Waals surface area contributed by atoms with Crippen molar-refractivity contribution < 1.29 is 21.9 Å². The molecule has 0 amide bonds. The van der Waals surface area contributed by atoms with Crippen LogP contribution in [0.5, 0.6) is 5.75 Å². The molecule has 25 heavy (non-hydrogen) atoms. The second kappa shape index (κ2) is 7.55. The first-order valence-electron chi connectivity index (χ1n) is 8.66. The molecule has 0 radical (unpaired) electrons. The fraction of sp³-hybridized carbons (Fsp3) is 0.647. The van der Waals surface area contributed by atoms with Crippen LogP contribution in [0.3, 0.4) is 0 Å². The number of hydrogen-bond acceptors (Lipinski definition) is 4. The number of ether oxygens (including phenoxy) is 1. The molecule has 2 aliphatic heterocycles. The highest BCUT2D eigenvalue weighted by atomic mass is 32.2. The third-order valence-corrected chi connectivity index (χ3v) is 6.29. The van der Waals surface area contributed by atoms with Crippen molar-refractivity contribution >= 4 is 10.0 Å². The van der Waals surface area contributed by atoms with Crippen molar-refractivity contribution in [1.29, 1.82) is 0 Å². The topological polar surface area (TPSA) is 58.6 Å². The molecule has 2 fully saturated rings. The van der Waals surface area contributed by atoms with Crippen LogP contribution in [0.25, 0.3) is 0 Å². The molecule has 2 heterocycles. The van der Waals surface area contributed by atoms with Gasteiger partial charge in [-0.2, -0.15) is 0 Å². The van der Waals surface area contributed by atoms with Crippen LogP contribution < -0.4 is 10.1 Å². The summed E-state index contributed by atoms with van der Waals surface area (Å²) < 4.78 is 58.9. The maximum atomic E-state index is 14.4. The van der Waals surface area contributed by atoms with Crippen molar-refractivity contribution in [3.8, 4) is 5.75 Å². The first-order valence-corrected chi connectivity index (χ1v) is 10.5. The first kappa shape index (κ1) is 18.5. The van der Waals surface area contributed by atoms with Gasteiger partial charge in [-0.15, -0.1) is 0 Å². The summed E-state index contributed by atoms with van der Waals surface area (Å²) in [7, 11) is -3.21. The minimum absolute atomic E-state index is 0.0464. The Balaban J connectivity index is 1.70. The number of hydrogen-bond donors (Lipinski definition) is 1. The maximum absolute atomic E-state index is 14.4. The van der Waals surface area contributed by atoms with Crippen molar-refractivity contribution in [2.45, 2.75) is 37.7 Å². The zero-order valence-electron chi connectivity index (χ0n) is 14.3. The minimum Gasteiger partial charge on any atom is -0.484 e. The van der Waals surface area contributed by atoms with Gasteiger partial charge in [-0.05, 0) is 62.4 Å². The molecule has 0 spiro atoms. The van der Waals surface area contributed by atoms with E-state index in [1.165, 1.54) is 22.7 Å². The second-order valence-corrected chi connectivity index (χ2v) is 8.80. The molecule has 1 N–H and O–H groups in total. The molecule has 1 aromatic rings. The molecule has 2 aliphatic rings. The third-order valence-electron chi connectivity index (χ3n) is 4.99. The van der Waals surface area contributed by atoms with Crippen LogP contribution >= 0.6 is 0 Å². The van der Waals surface area contributed by atoms with E-state index in [0.717, 1.165) is 25.9 Å². The van der Waals surface area contributed by atoms with Gasteiger partial charge in [0.1, 0.15) is 6.10 Å². The van der Waals surface area contributed by atoms with E-state index in [-0.39, 0.29) is 17.8 Å². The standard InChI is InChI=1S/C17H24F2N2O3S/c1-25(22,23)21-8-4-12(5-9-21)13-10-15(18)17(16(19)11-13)24-14-2-6-20-7-3-14/h10-12,14,20H,2-9H2,1H3. The minimum atomic E-state index is -3.21. The zero-order chi connectivity index (χ0) is 18.0. The average Bonchev–Trinajstić information content (AvgIpc) is 2.58. The molecule has 0 saturated carbocycles. The molecule has 1 aromatic carbocycles. The molecule has 0 atom stereocenters. The molecule has 3 rings (SSSR count). The van der Waals surface area contributed by atoms with E-state index in [0.29, 0.717) is 31.5 Å². The van der Waals surface area contributed by atoms with E-state index in [2.05, 4.69) is 5.32 Å². The van der Waals surface area contributed by atoms with Gasteiger partial charge in [0.15, 0.2) is 17.4 Å². The maximum Gasteiger partial charge on any atom is 0.211 e. The summed E-state index contributed by atoms with van der Waals surface area (Å²) in [6, 6.07) is 2.67. The number of benzene rings is 1. The summed E-state index contributed by atoms with van der Waals surface area (Å²) in [6.45, 7) is 2.32. The van der Waals surface area contributed by atoms with E-state index >= 15 is 0 Å². The van der Waals surface area contributed by atoms with Gasteiger partial charge < -0.3 is 10.1 Å². The molecule has 0 unspecified atom stereocenters. The van der Waals surface area contributed by atoms with Crippen molar-refractivity contribution in [3.63, 3.8) is 0 Å². The van der Waals surface area contributed by atoms with E-state index < -0.39 is 21.7 Å². The Labute approximate surface area is 147 Å². The van der Waals surface area contributed by atoms with Crippen molar-refractivity contribution in [3.05, 3.63) is 29.3 Å². The quantitative estimate of drug-likeness (QED) is 0.878. The Kier molecular flexibility index (Phi) is 5.60. The van der Waals surface area contributed by atoms with Crippen LogP contribution in [0, 0.1) is 11.6 Å². The highest BCUT2D eigenvalue weighted by Crippen LogP contribution is 2.33. The predicted octanol–water partition coefficient (Wildman–Crippen LogP) is 2.23. The number of sulfonamides is 1. The average molecular weight is 374 g/mol. The van der Waals surface area contributed by atoms with Crippen LogP contribution in [-0.4, -0.2) is 51.3 Å². The summed E-state index contributed by atoms with van der Waals surface area (Å²) in [4.78, 5) is 0. The van der Waals surface area contributed by atoms with Crippen LogP contribution in [0.1, 0.15) is 37.2 Å². The SMILES string of the molecule is CS(=O)(=O)N1CCC(c2cc(F)c(OC3CCNCC3)c(F)c2)CC1. The van der Waals surface area contributed by atoms with Gasteiger partial charge in [0, 0.05) is 13.1 Å². The number of rotatable bonds is 4. The summed E-state index contributed by atoms with van der Waals surface area (Å²) in [6.07, 6.45) is 3.57. The van der Waals surface area contributed by atoms with Gasteiger partial charge in [-0.1, -0.05) is 0 Å². The molecule has 0 aliphatic carbocycles. The molecule has 5 nitrogen and oxygen atoms in total. The lowest BCUT2D eigenvalue weighted by molar-refractivity contribution is 0.148. The summed E-state index contributed by atoms with van der Waals surface area (Å²) in [5.41, 5.74) is 0.570. The normalized spacial score (nSPS) is 21.4. The summed E-state index contributed by atoms with van der Waals surface area (Å²) in [5, 5.41) is 3.18. The third kappa shape index (κ3) is 4.48. The molecule has 0 bridgehead atoms. The number of piperidine rings is 2. The number of halogens is 2. The first-order chi connectivity index (χ1) is 11.8. The number of nitrogens with zero attached hydrogens (tertiary/aromatic N) is 1. The van der Waals surface area contributed by atoms with Crippen molar-refractivity contribution in [2.24, 2.45) is 0 Å². The lowest BCUT2D eigenvalue weighted by atomic mass is 9.90. The molecule has 140 valence electrons. The summed E-state index contributed by atoms with van der Waals surface area (Å²) >= 11 is 0. The Morgan fingerprint density at radius 3 is 2.16 bits per heavy atom. The number of nitrogens with one attached hydrogen (secondary N) is 1. The lowest BCUT2D eigenvalue weighted by Gasteiger charge is -2.30. The molecule has 2 saturated heterocycles. The van der Waals surface area contributed by atoms with Crippen LogP contribution in [-0.2, 0) is 10.0 Å². The Bertz CT molecular complexity index is 690. The molecule has 8 heteroatoms. The summed E-state index contributed by atoms with van der Waals surface area (Å²) in [5.74, 6) is -1.71.